The zero-order valence-electron chi connectivity index (χ0n) is 4.57. The molecule has 40 valence electrons. The lowest BCUT2D eigenvalue weighted by Crippen LogP contribution is -2.08. The van der Waals surface area contributed by atoms with Gasteiger partial charge in [-0.3, -0.25) is 0 Å². The van der Waals surface area contributed by atoms with Crippen LogP contribution < -0.4 is 11.5 Å². The first kappa shape index (κ1) is 9.33. The molecule has 6 heavy (non-hydrogen) atoms. The van der Waals surface area contributed by atoms with Crippen molar-refractivity contribution in [3.63, 3.8) is 0 Å². The van der Waals surface area contributed by atoms with E-state index in [0.29, 0.717) is 0 Å². The summed E-state index contributed by atoms with van der Waals surface area (Å²) in [6, 6.07) is 0. The molecule has 0 aromatic carbocycles. The van der Waals surface area contributed by atoms with E-state index >= 15 is 0 Å². The second-order valence-electron chi connectivity index (χ2n) is 0.943. The molecule has 0 heterocycles. The fourth-order valence-electron chi connectivity index (χ4n) is 0. The Morgan fingerprint density at radius 3 is 1.17 bits per heavy atom. The van der Waals surface area contributed by atoms with Crippen LogP contribution in [-0.2, 0) is 0 Å². The maximum Gasteiger partial charge on any atom is 0.0403 e. The highest BCUT2D eigenvalue weighted by atomic mass is 14.7. The number of hydrogen-bond donors (Lipinski definition) is 2. The minimum absolute atomic E-state index is 0.250. The van der Waals surface area contributed by atoms with Crippen LogP contribution in [0.3, 0.4) is 0 Å². The molecule has 0 aliphatic heterocycles. The van der Waals surface area contributed by atoms with Crippen molar-refractivity contribution >= 4 is 0 Å². The summed E-state index contributed by atoms with van der Waals surface area (Å²) < 4.78 is 0. The first-order valence-electron chi connectivity index (χ1n) is 2.23. The van der Waals surface area contributed by atoms with E-state index in [9.17, 15) is 0 Å². The molecule has 0 aromatic rings. The maximum atomic E-state index is 4.62. The Balaban J connectivity index is 0. The molecular formula is C4H14N2. The third-order valence-electron chi connectivity index (χ3n) is 0. The lowest BCUT2D eigenvalue weighted by atomic mass is 10.6. The van der Waals surface area contributed by atoms with Crippen LogP contribution in [0.2, 0.25) is 0 Å². The zero-order chi connectivity index (χ0) is 5.41. The normalized spacial score (nSPS) is 6.00. The maximum absolute atomic E-state index is 4.62. The summed E-state index contributed by atoms with van der Waals surface area (Å²) in [5, 5.41) is 0. The smallest absolute Gasteiger partial charge is 0.0403 e. The van der Waals surface area contributed by atoms with E-state index in [1.54, 1.807) is 0 Å². The van der Waals surface area contributed by atoms with Gasteiger partial charge in [-0.25, -0.2) is 0 Å². The number of nitrogens with two attached hydrogens (primary N) is 2. The quantitative estimate of drug-likeness (QED) is 0.420. The van der Waals surface area contributed by atoms with Crippen molar-refractivity contribution in [2.45, 2.75) is 20.3 Å². The molecule has 0 rings (SSSR count). The summed E-state index contributed by atoms with van der Waals surface area (Å²) in [4.78, 5) is 0. The monoisotopic (exact) mass is 90.1 g/mol. The number of hydrogen-bond acceptors (Lipinski definition) is 2. The van der Waals surface area contributed by atoms with Gasteiger partial charge in [-0.2, -0.15) is 0 Å². The second-order valence-corrected chi connectivity index (χ2v) is 0.943. The first-order chi connectivity index (χ1) is 2.83. The summed E-state index contributed by atoms with van der Waals surface area (Å²) >= 11 is 0. The van der Waals surface area contributed by atoms with Gasteiger partial charge in [0.25, 0.3) is 0 Å². The topological polar surface area (TPSA) is 52.0 Å². The van der Waals surface area contributed by atoms with Gasteiger partial charge in [0.05, 0.1) is 0 Å². The Kier molecular flexibility index (Phi) is 31.9. The fraction of sp³-hybridized carbons (Fsp3) is 1.00. The van der Waals surface area contributed by atoms with E-state index in [0.717, 1.165) is 0 Å². The van der Waals surface area contributed by atoms with Crippen LogP contribution in [0.25, 0.3) is 0 Å². The molecule has 2 nitrogen and oxygen atoms in total. The van der Waals surface area contributed by atoms with Gasteiger partial charge in [-0.1, -0.05) is 20.3 Å². The molecule has 4 N–H and O–H groups in total. The average molecular weight is 90.2 g/mol. The Morgan fingerprint density at radius 2 is 1.17 bits per heavy atom. The molecule has 0 aromatic heterocycles. The third kappa shape index (κ3) is 5220. The molecule has 0 unspecified atom stereocenters. The van der Waals surface area contributed by atoms with Crippen LogP contribution in [0.5, 0.6) is 0 Å². The van der Waals surface area contributed by atoms with Crippen molar-refractivity contribution in [3.05, 3.63) is 0 Å². The van der Waals surface area contributed by atoms with Gasteiger partial charge >= 0.3 is 0 Å². The van der Waals surface area contributed by atoms with Crippen LogP contribution in [0, 0.1) is 0 Å². The second kappa shape index (κ2) is 20.5. The summed E-state index contributed by atoms with van der Waals surface area (Å²) in [5.74, 6) is 0. The number of rotatable bonds is 0. The molecule has 0 saturated carbocycles. The van der Waals surface area contributed by atoms with Gasteiger partial charge < -0.3 is 11.5 Å². The Morgan fingerprint density at radius 1 is 1.17 bits per heavy atom. The summed E-state index contributed by atoms with van der Waals surface area (Å²) in [7, 11) is 0. The standard InChI is InChI=1S/C3H8.CH6N2/c1-3-2;2-1-3/h3H2,1-2H3;1-3H2. The van der Waals surface area contributed by atoms with E-state index in [-0.39, 0.29) is 6.67 Å². The molecule has 0 aliphatic carbocycles. The van der Waals surface area contributed by atoms with Crippen molar-refractivity contribution in [1.82, 2.24) is 0 Å². The molecule has 0 saturated heterocycles. The minimum atomic E-state index is 0.250. The summed E-state index contributed by atoms with van der Waals surface area (Å²) in [5.41, 5.74) is 9.25. The van der Waals surface area contributed by atoms with E-state index in [1.165, 1.54) is 6.42 Å². The Hall–Kier alpha value is -0.0800. The van der Waals surface area contributed by atoms with Gasteiger partial charge in [0.2, 0.25) is 0 Å². The van der Waals surface area contributed by atoms with Gasteiger partial charge in [-0.15, -0.1) is 0 Å². The van der Waals surface area contributed by atoms with Crippen LogP contribution in [0.4, 0.5) is 0 Å². The van der Waals surface area contributed by atoms with E-state index in [2.05, 4.69) is 25.3 Å². The highest BCUT2D eigenvalue weighted by molar-refractivity contribution is 3.94. The van der Waals surface area contributed by atoms with Crippen molar-refractivity contribution in [1.29, 1.82) is 0 Å². The molecule has 0 atom stereocenters. The first-order valence-corrected chi connectivity index (χ1v) is 2.23. The molecule has 0 amide bonds. The Bertz CT molecular complexity index is 7.51. The molecule has 0 bridgehead atoms. The van der Waals surface area contributed by atoms with Gasteiger partial charge in [0.1, 0.15) is 0 Å². The van der Waals surface area contributed by atoms with E-state index < -0.39 is 0 Å². The van der Waals surface area contributed by atoms with Gasteiger partial charge in [0, 0.05) is 6.67 Å². The molecular weight excluding hydrogens is 76.1 g/mol. The van der Waals surface area contributed by atoms with Crippen LogP contribution in [-0.4, -0.2) is 6.67 Å². The SMILES string of the molecule is CCC.NCN. The van der Waals surface area contributed by atoms with Crippen LogP contribution in [0.15, 0.2) is 0 Å². The molecule has 0 aliphatic rings. The fourth-order valence-corrected chi connectivity index (χ4v) is 0. The molecule has 0 fully saturated rings. The van der Waals surface area contributed by atoms with Gasteiger partial charge in [0.15, 0.2) is 0 Å². The lowest BCUT2D eigenvalue weighted by Gasteiger charge is -1.56. The predicted octanol–water partition coefficient (Wildman–Crippen LogP) is 0.278. The predicted molar refractivity (Wildman–Crippen MR) is 29.2 cm³/mol. The van der Waals surface area contributed by atoms with E-state index in [1.807, 2.05) is 0 Å². The van der Waals surface area contributed by atoms with Gasteiger partial charge in [-0.05, 0) is 0 Å². The van der Waals surface area contributed by atoms with Crippen LogP contribution in [0.1, 0.15) is 20.3 Å². The minimum Gasteiger partial charge on any atom is -0.319 e. The lowest BCUT2D eigenvalue weighted by molar-refractivity contribution is 1.07. The van der Waals surface area contributed by atoms with Crippen molar-refractivity contribution in [2.75, 3.05) is 6.67 Å². The van der Waals surface area contributed by atoms with E-state index in [4.69, 9.17) is 0 Å². The molecule has 0 spiro atoms. The van der Waals surface area contributed by atoms with Crippen molar-refractivity contribution < 1.29 is 0 Å². The van der Waals surface area contributed by atoms with Crippen LogP contribution >= 0.6 is 0 Å². The van der Waals surface area contributed by atoms with Crippen molar-refractivity contribution in [2.24, 2.45) is 11.5 Å². The third-order valence-corrected chi connectivity index (χ3v) is 0. The Labute approximate surface area is 39.5 Å². The van der Waals surface area contributed by atoms with Crippen molar-refractivity contribution in [3.8, 4) is 0 Å². The highest BCUT2D eigenvalue weighted by Gasteiger charge is 1.35. The molecule has 0 radical (unpaired) electrons. The largest absolute Gasteiger partial charge is 0.319 e. The average Bonchev–Trinajstić information content (AvgIpc) is 1.39. The summed E-state index contributed by atoms with van der Waals surface area (Å²) in [6.07, 6.45) is 1.25. The highest BCUT2D eigenvalue weighted by Crippen LogP contribution is 1.56. The zero-order valence-corrected chi connectivity index (χ0v) is 4.57. The summed E-state index contributed by atoms with van der Waals surface area (Å²) in [6.45, 7) is 4.50. The molecule has 2 heteroatoms.